The van der Waals surface area contributed by atoms with E-state index in [-0.39, 0.29) is 12.4 Å². The Morgan fingerprint density at radius 2 is 2.38 bits per heavy atom. The molecule has 2 heterocycles. The van der Waals surface area contributed by atoms with Crippen LogP contribution in [0.15, 0.2) is 24.4 Å². The quantitative estimate of drug-likeness (QED) is 0.782. The number of rotatable bonds is 2. The lowest BCUT2D eigenvalue weighted by Crippen LogP contribution is -2.11. The highest BCUT2D eigenvalue weighted by atomic mass is 35.5. The molecule has 1 aromatic rings. The lowest BCUT2D eigenvalue weighted by atomic mass is 10.0. The highest BCUT2D eigenvalue weighted by molar-refractivity contribution is 5.85. The number of hydrogen-bond donors (Lipinski definition) is 1. The lowest BCUT2D eigenvalue weighted by molar-refractivity contribution is 0.572. The molecule has 0 aliphatic carbocycles. The molecule has 1 atom stereocenters. The van der Waals surface area contributed by atoms with Crippen LogP contribution in [0.1, 0.15) is 12.1 Å². The highest BCUT2D eigenvalue weighted by Gasteiger charge is 2.14. The zero-order chi connectivity index (χ0) is 8.23. The van der Waals surface area contributed by atoms with Gasteiger partial charge in [0.2, 0.25) is 0 Å². The SMILES string of the molecule is Cl.c1ccc(CC2CCNC2)nc1. The maximum Gasteiger partial charge on any atom is 0.0406 e. The van der Waals surface area contributed by atoms with Gasteiger partial charge in [0.15, 0.2) is 0 Å². The van der Waals surface area contributed by atoms with Crippen LogP contribution < -0.4 is 5.32 Å². The second-order valence-corrected chi connectivity index (χ2v) is 3.38. The molecule has 0 radical (unpaired) electrons. The van der Waals surface area contributed by atoms with Gasteiger partial charge in [-0.05, 0) is 44.0 Å². The lowest BCUT2D eigenvalue weighted by Gasteiger charge is -2.05. The minimum atomic E-state index is 0. The molecule has 1 unspecified atom stereocenters. The van der Waals surface area contributed by atoms with Gasteiger partial charge in [-0.2, -0.15) is 0 Å². The number of aromatic nitrogens is 1. The average Bonchev–Trinajstić information content (AvgIpc) is 2.59. The van der Waals surface area contributed by atoms with Crippen LogP contribution in [-0.2, 0) is 6.42 Å². The van der Waals surface area contributed by atoms with Gasteiger partial charge in [0.25, 0.3) is 0 Å². The van der Waals surface area contributed by atoms with Crippen molar-refractivity contribution >= 4 is 12.4 Å². The van der Waals surface area contributed by atoms with E-state index in [0.717, 1.165) is 18.9 Å². The summed E-state index contributed by atoms with van der Waals surface area (Å²) >= 11 is 0. The predicted octanol–water partition coefficient (Wildman–Crippen LogP) is 1.66. The first-order chi connectivity index (χ1) is 5.95. The summed E-state index contributed by atoms with van der Waals surface area (Å²) in [5.41, 5.74) is 1.23. The monoisotopic (exact) mass is 198 g/mol. The van der Waals surface area contributed by atoms with Crippen LogP contribution in [-0.4, -0.2) is 18.1 Å². The second-order valence-electron chi connectivity index (χ2n) is 3.38. The Morgan fingerprint density at radius 1 is 1.46 bits per heavy atom. The molecule has 1 saturated heterocycles. The van der Waals surface area contributed by atoms with Crippen molar-refractivity contribution in [2.45, 2.75) is 12.8 Å². The van der Waals surface area contributed by atoms with E-state index in [1.54, 1.807) is 0 Å². The molecular formula is C10H15ClN2. The summed E-state index contributed by atoms with van der Waals surface area (Å²) < 4.78 is 0. The van der Waals surface area contributed by atoms with Crippen molar-refractivity contribution < 1.29 is 0 Å². The fourth-order valence-electron chi connectivity index (χ4n) is 1.70. The summed E-state index contributed by atoms with van der Waals surface area (Å²) in [4.78, 5) is 4.31. The van der Waals surface area contributed by atoms with Crippen molar-refractivity contribution in [3.8, 4) is 0 Å². The van der Waals surface area contributed by atoms with Gasteiger partial charge in [-0.15, -0.1) is 12.4 Å². The van der Waals surface area contributed by atoms with Crippen molar-refractivity contribution in [2.24, 2.45) is 5.92 Å². The molecule has 0 spiro atoms. The van der Waals surface area contributed by atoms with Crippen molar-refractivity contribution in [2.75, 3.05) is 13.1 Å². The molecule has 0 bridgehead atoms. The summed E-state index contributed by atoms with van der Waals surface area (Å²) in [6.45, 7) is 2.34. The van der Waals surface area contributed by atoms with E-state index in [1.807, 2.05) is 12.3 Å². The molecule has 0 saturated carbocycles. The molecule has 1 aliphatic heterocycles. The molecule has 2 rings (SSSR count). The molecule has 13 heavy (non-hydrogen) atoms. The van der Waals surface area contributed by atoms with E-state index in [2.05, 4.69) is 22.4 Å². The smallest absolute Gasteiger partial charge is 0.0406 e. The maximum atomic E-state index is 4.31. The average molecular weight is 199 g/mol. The Bertz CT molecular complexity index is 232. The molecule has 1 aromatic heterocycles. The van der Waals surface area contributed by atoms with Crippen LogP contribution in [0.3, 0.4) is 0 Å². The fraction of sp³-hybridized carbons (Fsp3) is 0.500. The minimum Gasteiger partial charge on any atom is -0.316 e. The van der Waals surface area contributed by atoms with E-state index in [0.29, 0.717) is 0 Å². The van der Waals surface area contributed by atoms with Crippen LogP contribution in [0.5, 0.6) is 0 Å². The summed E-state index contributed by atoms with van der Waals surface area (Å²) in [7, 11) is 0. The summed E-state index contributed by atoms with van der Waals surface area (Å²) in [5, 5.41) is 3.36. The van der Waals surface area contributed by atoms with Gasteiger partial charge in [-0.1, -0.05) is 6.07 Å². The second kappa shape index (κ2) is 5.20. The molecular weight excluding hydrogens is 184 g/mol. The first-order valence-electron chi connectivity index (χ1n) is 4.56. The van der Waals surface area contributed by atoms with Gasteiger partial charge in [0, 0.05) is 11.9 Å². The van der Waals surface area contributed by atoms with Crippen molar-refractivity contribution in [1.29, 1.82) is 0 Å². The van der Waals surface area contributed by atoms with Gasteiger partial charge in [-0.3, -0.25) is 4.98 Å². The Morgan fingerprint density at radius 3 is 3.00 bits per heavy atom. The number of hydrogen-bond acceptors (Lipinski definition) is 2. The summed E-state index contributed by atoms with van der Waals surface area (Å²) in [6.07, 6.45) is 4.31. The number of nitrogens with one attached hydrogen (secondary N) is 1. The van der Waals surface area contributed by atoms with Gasteiger partial charge in [-0.25, -0.2) is 0 Å². The van der Waals surface area contributed by atoms with E-state index in [1.165, 1.54) is 18.7 Å². The fourth-order valence-corrected chi connectivity index (χ4v) is 1.70. The third-order valence-corrected chi connectivity index (χ3v) is 2.39. The minimum absolute atomic E-state index is 0. The molecule has 0 amide bonds. The van der Waals surface area contributed by atoms with E-state index >= 15 is 0 Å². The molecule has 72 valence electrons. The zero-order valence-electron chi connectivity index (χ0n) is 7.57. The largest absolute Gasteiger partial charge is 0.316 e. The van der Waals surface area contributed by atoms with Crippen molar-refractivity contribution in [3.05, 3.63) is 30.1 Å². The number of nitrogens with zero attached hydrogens (tertiary/aromatic N) is 1. The normalized spacial score (nSPS) is 21.1. The van der Waals surface area contributed by atoms with Gasteiger partial charge >= 0.3 is 0 Å². The van der Waals surface area contributed by atoms with Gasteiger partial charge < -0.3 is 5.32 Å². The molecule has 1 N–H and O–H groups in total. The standard InChI is InChI=1S/C10H14N2.ClH/c1-2-5-12-10(3-1)7-9-4-6-11-8-9;/h1-3,5,9,11H,4,6-8H2;1H. The first-order valence-corrected chi connectivity index (χ1v) is 4.56. The van der Waals surface area contributed by atoms with E-state index in [4.69, 9.17) is 0 Å². The Hall–Kier alpha value is -0.600. The third-order valence-electron chi connectivity index (χ3n) is 2.39. The number of pyridine rings is 1. The topological polar surface area (TPSA) is 24.9 Å². The van der Waals surface area contributed by atoms with Gasteiger partial charge in [0.1, 0.15) is 0 Å². The molecule has 3 heteroatoms. The van der Waals surface area contributed by atoms with Crippen molar-refractivity contribution in [1.82, 2.24) is 10.3 Å². The Balaban J connectivity index is 0.000000845. The van der Waals surface area contributed by atoms with Crippen LogP contribution in [0.4, 0.5) is 0 Å². The van der Waals surface area contributed by atoms with E-state index < -0.39 is 0 Å². The van der Waals surface area contributed by atoms with Crippen LogP contribution >= 0.6 is 12.4 Å². The van der Waals surface area contributed by atoms with E-state index in [9.17, 15) is 0 Å². The highest BCUT2D eigenvalue weighted by Crippen LogP contribution is 2.12. The first kappa shape index (κ1) is 10.5. The molecule has 1 aliphatic rings. The maximum absolute atomic E-state index is 4.31. The Labute approximate surface area is 85.2 Å². The molecule has 2 nitrogen and oxygen atoms in total. The summed E-state index contributed by atoms with van der Waals surface area (Å²) in [6, 6.07) is 6.14. The zero-order valence-corrected chi connectivity index (χ0v) is 8.39. The third kappa shape index (κ3) is 2.98. The molecule has 0 aromatic carbocycles. The molecule has 1 fully saturated rings. The van der Waals surface area contributed by atoms with Gasteiger partial charge in [0.05, 0.1) is 0 Å². The number of halogens is 1. The summed E-state index contributed by atoms with van der Waals surface area (Å²) in [5.74, 6) is 0.805. The van der Waals surface area contributed by atoms with Crippen LogP contribution in [0.2, 0.25) is 0 Å². The van der Waals surface area contributed by atoms with Crippen LogP contribution in [0.25, 0.3) is 0 Å². The Kier molecular flexibility index (Phi) is 4.19. The van der Waals surface area contributed by atoms with Crippen LogP contribution in [0, 0.1) is 5.92 Å². The van der Waals surface area contributed by atoms with Crippen molar-refractivity contribution in [3.63, 3.8) is 0 Å². The predicted molar refractivity (Wildman–Crippen MR) is 56.2 cm³/mol.